The van der Waals surface area contributed by atoms with Crippen molar-refractivity contribution in [3.8, 4) is 0 Å². The van der Waals surface area contributed by atoms with E-state index in [0.717, 1.165) is 0 Å². The molecule has 0 fully saturated rings. The summed E-state index contributed by atoms with van der Waals surface area (Å²) in [5.74, 6) is 0. The zero-order chi connectivity index (χ0) is 11.3. The third kappa shape index (κ3) is 3.91. The SMILES string of the molecule is CCCCP(c1ccccn1)C(C)(C)C. The van der Waals surface area contributed by atoms with Gasteiger partial charge in [-0.25, -0.2) is 0 Å². The van der Waals surface area contributed by atoms with E-state index in [1.807, 2.05) is 12.3 Å². The van der Waals surface area contributed by atoms with Crippen LogP contribution in [0.1, 0.15) is 40.5 Å². The molecule has 1 aromatic rings. The first-order valence-corrected chi connectivity index (χ1v) is 7.27. The zero-order valence-electron chi connectivity index (χ0n) is 10.3. The van der Waals surface area contributed by atoms with Crippen molar-refractivity contribution in [1.82, 2.24) is 4.98 Å². The Morgan fingerprint density at radius 1 is 1.27 bits per heavy atom. The lowest BCUT2D eigenvalue weighted by Gasteiger charge is -2.30. The van der Waals surface area contributed by atoms with E-state index in [9.17, 15) is 0 Å². The Kier molecular flexibility index (Phi) is 4.73. The Bertz CT molecular complexity index is 276. The minimum Gasteiger partial charge on any atom is -0.257 e. The molecule has 1 rings (SSSR count). The van der Waals surface area contributed by atoms with E-state index in [1.54, 1.807) is 0 Å². The molecule has 0 N–H and O–H groups in total. The smallest absolute Gasteiger partial charge is 0.0636 e. The summed E-state index contributed by atoms with van der Waals surface area (Å²) in [6.45, 7) is 9.27. The maximum atomic E-state index is 4.53. The molecule has 1 unspecified atom stereocenters. The fourth-order valence-corrected chi connectivity index (χ4v) is 4.31. The summed E-state index contributed by atoms with van der Waals surface area (Å²) in [6, 6.07) is 6.29. The molecule has 1 nitrogen and oxygen atoms in total. The van der Waals surface area contributed by atoms with Crippen LogP contribution in [0, 0.1) is 0 Å². The van der Waals surface area contributed by atoms with E-state index in [-0.39, 0.29) is 7.92 Å². The molecule has 0 saturated carbocycles. The molecule has 0 bridgehead atoms. The predicted octanol–water partition coefficient (Wildman–Crippen LogP) is 3.79. The molecule has 0 saturated heterocycles. The number of hydrogen-bond acceptors (Lipinski definition) is 1. The average molecular weight is 223 g/mol. The molecule has 0 aliphatic rings. The summed E-state index contributed by atoms with van der Waals surface area (Å²) < 4.78 is 0. The van der Waals surface area contributed by atoms with Crippen molar-refractivity contribution in [3.05, 3.63) is 24.4 Å². The number of aromatic nitrogens is 1. The van der Waals surface area contributed by atoms with Gasteiger partial charge in [-0.05, 0) is 37.8 Å². The molecule has 84 valence electrons. The van der Waals surface area contributed by atoms with E-state index in [2.05, 4.69) is 44.8 Å². The minimum atomic E-state index is -0.114. The Labute approximate surface area is 95.1 Å². The van der Waals surface area contributed by atoms with Gasteiger partial charge in [0, 0.05) is 6.20 Å². The van der Waals surface area contributed by atoms with Gasteiger partial charge in [0.25, 0.3) is 0 Å². The molecule has 0 aliphatic heterocycles. The summed E-state index contributed by atoms with van der Waals surface area (Å²) in [7, 11) is -0.114. The second-order valence-corrected chi connectivity index (χ2v) is 7.97. The number of rotatable bonds is 4. The highest BCUT2D eigenvalue weighted by atomic mass is 31.1. The lowest BCUT2D eigenvalue weighted by molar-refractivity contribution is 0.775. The Morgan fingerprint density at radius 2 is 2.00 bits per heavy atom. The second kappa shape index (κ2) is 5.61. The van der Waals surface area contributed by atoms with E-state index >= 15 is 0 Å². The van der Waals surface area contributed by atoms with Crippen molar-refractivity contribution < 1.29 is 0 Å². The third-order valence-corrected chi connectivity index (χ3v) is 5.67. The van der Waals surface area contributed by atoms with Crippen molar-refractivity contribution in [2.75, 3.05) is 6.16 Å². The van der Waals surface area contributed by atoms with Crippen LogP contribution in [-0.2, 0) is 0 Å². The molecular weight excluding hydrogens is 201 g/mol. The third-order valence-electron chi connectivity index (χ3n) is 2.47. The topological polar surface area (TPSA) is 12.9 Å². The van der Waals surface area contributed by atoms with E-state index in [4.69, 9.17) is 0 Å². The lowest BCUT2D eigenvalue weighted by Crippen LogP contribution is -2.22. The normalized spacial score (nSPS) is 13.9. The molecule has 0 aliphatic carbocycles. The van der Waals surface area contributed by atoms with Crippen LogP contribution in [0.4, 0.5) is 0 Å². The number of unbranched alkanes of at least 4 members (excludes halogenated alkanes) is 1. The van der Waals surface area contributed by atoms with Gasteiger partial charge in [0.1, 0.15) is 0 Å². The van der Waals surface area contributed by atoms with Crippen LogP contribution in [0.15, 0.2) is 24.4 Å². The Balaban J connectivity index is 2.82. The molecule has 1 heterocycles. The maximum absolute atomic E-state index is 4.53. The van der Waals surface area contributed by atoms with Gasteiger partial charge >= 0.3 is 0 Å². The molecule has 0 radical (unpaired) electrons. The van der Waals surface area contributed by atoms with Crippen molar-refractivity contribution in [3.63, 3.8) is 0 Å². The summed E-state index contributed by atoms with van der Waals surface area (Å²) in [4.78, 5) is 4.53. The number of nitrogens with zero attached hydrogens (tertiary/aromatic N) is 1. The molecule has 1 atom stereocenters. The van der Waals surface area contributed by atoms with Crippen LogP contribution in [0.5, 0.6) is 0 Å². The number of hydrogen-bond donors (Lipinski definition) is 0. The van der Waals surface area contributed by atoms with Crippen LogP contribution in [0.25, 0.3) is 0 Å². The van der Waals surface area contributed by atoms with Gasteiger partial charge in [-0.1, -0.05) is 40.2 Å². The molecule has 0 spiro atoms. The van der Waals surface area contributed by atoms with Gasteiger partial charge in [0.15, 0.2) is 0 Å². The van der Waals surface area contributed by atoms with E-state index in [0.29, 0.717) is 5.16 Å². The summed E-state index contributed by atoms with van der Waals surface area (Å²) >= 11 is 0. The minimum absolute atomic E-state index is 0.114. The Morgan fingerprint density at radius 3 is 2.47 bits per heavy atom. The highest BCUT2D eigenvalue weighted by Crippen LogP contribution is 2.48. The summed E-state index contributed by atoms with van der Waals surface area (Å²) in [6.07, 6.45) is 5.83. The van der Waals surface area contributed by atoms with Gasteiger partial charge in [-0.15, -0.1) is 0 Å². The first kappa shape index (κ1) is 12.6. The lowest BCUT2D eigenvalue weighted by atomic mass is 10.3. The highest BCUT2D eigenvalue weighted by Gasteiger charge is 2.25. The van der Waals surface area contributed by atoms with Crippen molar-refractivity contribution in [1.29, 1.82) is 0 Å². The van der Waals surface area contributed by atoms with Crippen LogP contribution < -0.4 is 5.44 Å². The van der Waals surface area contributed by atoms with E-state index in [1.165, 1.54) is 24.4 Å². The van der Waals surface area contributed by atoms with Crippen molar-refractivity contribution >= 4 is 13.4 Å². The monoisotopic (exact) mass is 223 g/mol. The van der Waals surface area contributed by atoms with Crippen LogP contribution in [0.3, 0.4) is 0 Å². The molecule has 1 aromatic heterocycles. The van der Waals surface area contributed by atoms with Crippen LogP contribution in [-0.4, -0.2) is 16.3 Å². The fraction of sp³-hybridized carbons (Fsp3) is 0.615. The standard InChI is InChI=1S/C13H22NP/c1-5-6-11-15(13(2,3)4)12-9-7-8-10-14-12/h7-10H,5-6,11H2,1-4H3. The number of pyridine rings is 1. The second-order valence-electron chi connectivity index (χ2n) is 4.86. The van der Waals surface area contributed by atoms with Crippen LogP contribution >= 0.6 is 7.92 Å². The average Bonchev–Trinajstić information content (AvgIpc) is 2.18. The summed E-state index contributed by atoms with van der Waals surface area (Å²) in [5.41, 5.74) is 1.31. The van der Waals surface area contributed by atoms with Gasteiger partial charge < -0.3 is 0 Å². The van der Waals surface area contributed by atoms with Gasteiger partial charge in [-0.3, -0.25) is 4.98 Å². The molecule has 0 amide bonds. The van der Waals surface area contributed by atoms with Crippen molar-refractivity contribution in [2.45, 2.75) is 45.7 Å². The quantitative estimate of drug-likeness (QED) is 0.708. The van der Waals surface area contributed by atoms with Gasteiger partial charge in [-0.2, -0.15) is 0 Å². The Hall–Kier alpha value is -0.420. The molecule has 15 heavy (non-hydrogen) atoms. The highest BCUT2D eigenvalue weighted by molar-refractivity contribution is 7.66. The fourth-order valence-electron chi connectivity index (χ4n) is 1.62. The van der Waals surface area contributed by atoms with E-state index < -0.39 is 0 Å². The zero-order valence-corrected chi connectivity index (χ0v) is 11.2. The molecular formula is C13H22NP. The predicted molar refractivity (Wildman–Crippen MR) is 70.3 cm³/mol. The summed E-state index contributed by atoms with van der Waals surface area (Å²) in [5, 5.41) is 0.374. The van der Waals surface area contributed by atoms with Gasteiger partial charge in [0.05, 0.1) is 5.44 Å². The van der Waals surface area contributed by atoms with Gasteiger partial charge in [0.2, 0.25) is 0 Å². The van der Waals surface area contributed by atoms with Crippen molar-refractivity contribution in [2.24, 2.45) is 0 Å². The largest absolute Gasteiger partial charge is 0.257 e. The molecule has 2 heteroatoms. The maximum Gasteiger partial charge on any atom is 0.0636 e. The van der Waals surface area contributed by atoms with Crippen LogP contribution in [0.2, 0.25) is 0 Å². The first-order chi connectivity index (χ1) is 7.05. The molecule has 0 aromatic carbocycles. The first-order valence-electron chi connectivity index (χ1n) is 5.74.